The van der Waals surface area contributed by atoms with Gasteiger partial charge >= 0.3 is 0 Å². The van der Waals surface area contributed by atoms with Crippen molar-refractivity contribution in [1.82, 2.24) is 4.31 Å². The minimum atomic E-state index is -3.52. The summed E-state index contributed by atoms with van der Waals surface area (Å²) in [6.07, 6.45) is 0.364. The van der Waals surface area contributed by atoms with Crippen LogP contribution in [0.3, 0.4) is 0 Å². The van der Waals surface area contributed by atoms with Crippen molar-refractivity contribution in [3.63, 3.8) is 0 Å². The number of sulfonamides is 1. The Kier molecular flexibility index (Phi) is 3.01. The SMILES string of the molecule is Cc1ccc(S(=O)(=O)N2CCCC2O)cc1. The van der Waals surface area contributed by atoms with Crippen LogP contribution in [0.15, 0.2) is 29.2 Å². The van der Waals surface area contributed by atoms with E-state index in [-0.39, 0.29) is 4.90 Å². The van der Waals surface area contributed by atoms with Crippen LogP contribution in [-0.2, 0) is 10.0 Å². The number of hydrogen-bond donors (Lipinski definition) is 1. The molecular formula is C11H15NO3S. The van der Waals surface area contributed by atoms with Gasteiger partial charge in [0.25, 0.3) is 0 Å². The van der Waals surface area contributed by atoms with Gasteiger partial charge in [-0.05, 0) is 31.9 Å². The van der Waals surface area contributed by atoms with E-state index in [4.69, 9.17) is 0 Å². The lowest BCUT2D eigenvalue weighted by Crippen LogP contribution is -2.35. The van der Waals surface area contributed by atoms with Gasteiger partial charge in [-0.1, -0.05) is 17.7 Å². The van der Waals surface area contributed by atoms with Crippen LogP contribution in [0.4, 0.5) is 0 Å². The van der Waals surface area contributed by atoms with E-state index in [1.165, 1.54) is 0 Å². The van der Waals surface area contributed by atoms with Gasteiger partial charge in [-0.3, -0.25) is 0 Å². The number of aryl methyl sites for hydroxylation is 1. The van der Waals surface area contributed by atoms with Gasteiger partial charge < -0.3 is 5.11 Å². The zero-order chi connectivity index (χ0) is 11.8. The molecule has 1 aliphatic heterocycles. The zero-order valence-electron chi connectivity index (χ0n) is 9.13. The molecule has 1 atom stereocenters. The van der Waals surface area contributed by atoms with Gasteiger partial charge in [0.05, 0.1) is 4.90 Å². The molecule has 1 saturated heterocycles. The summed E-state index contributed by atoms with van der Waals surface area (Å²) < 4.78 is 25.4. The number of rotatable bonds is 2. The van der Waals surface area contributed by atoms with Gasteiger partial charge in [-0.25, -0.2) is 8.42 Å². The quantitative estimate of drug-likeness (QED) is 0.843. The Morgan fingerprint density at radius 2 is 1.94 bits per heavy atom. The summed E-state index contributed by atoms with van der Waals surface area (Å²) in [7, 11) is -3.52. The van der Waals surface area contributed by atoms with E-state index < -0.39 is 16.3 Å². The van der Waals surface area contributed by atoms with E-state index in [2.05, 4.69) is 0 Å². The Hall–Kier alpha value is -0.910. The van der Waals surface area contributed by atoms with Gasteiger partial charge in [-0.2, -0.15) is 4.31 Å². The topological polar surface area (TPSA) is 57.6 Å². The average molecular weight is 241 g/mol. The molecule has 4 nitrogen and oxygen atoms in total. The molecule has 1 fully saturated rings. The van der Waals surface area contributed by atoms with Crippen LogP contribution >= 0.6 is 0 Å². The number of aliphatic hydroxyl groups is 1. The highest BCUT2D eigenvalue weighted by Crippen LogP contribution is 2.24. The monoisotopic (exact) mass is 241 g/mol. The fraction of sp³-hybridized carbons (Fsp3) is 0.455. The van der Waals surface area contributed by atoms with Crippen LogP contribution in [0.1, 0.15) is 18.4 Å². The summed E-state index contributed by atoms with van der Waals surface area (Å²) in [4.78, 5) is 0.249. The fourth-order valence-corrected chi connectivity index (χ4v) is 3.39. The van der Waals surface area contributed by atoms with Crippen LogP contribution in [0.25, 0.3) is 0 Å². The number of nitrogens with zero attached hydrogens (tertiary/aromatic N) is 1. The molecule has 0 aromatic heterocycles. The fourth-order valence-electron chi connectivity index (χ4n) is 1.85. The summed E-state index contributed by atoms with van der Waals surface area (Å²) in [5.41, 5.74) is 1.01. The van der Waals surface area contributed by atoms with Gasteiger partial charge in [-0.15, -0.1) is 0 Å². The molecule has 0 bridgehead atoms. The van der Waals surface area contributed by atoms with E-state index in [0.29, 0.717) is 19.4 Å². The first kappa shape index (κ1) is 11.6. The maximum absolute atomic E-state index is 12.1. The third-order valence-electron chi connectivity index (χ3n) is 2.80. The van der Waals surface area contributed by atoms with E-state index in [1.807, 2.05) is 6.92 Å². The molecule has 0 aliphatic carbocycles. The molecular weight excluding hydrogens is 226 g/mol. The molecule has 0 radical (unpaired) electrons. The Morgan fingerprint density at radius 3 is 2.44 bits per heavy atom. The summed E-state index contributed by atoms with van der Waals surface area (Å²) >= 11 is 0. The predicted molar refractivity (Wildman–Crippen MR) is 60.3 cm³/mol. The Bertz CT molecular complexity index is 467. The molecule has 1 unspecified atom stereocenters. The van der Waals surface area contributed by atoms with E-state index in [0.717, 1.165) is 9.87 Å². The smallest absolute Gasteiger partial charge is 0.245 e. The van der Waals surface area contributed by atoms with Gasteiger partial charge in [0.1, 0.15) is 6.23 Å². The molecule has 2 rings (SSSR count). The summed E-state index contributed by atoms with van der Waals surface area (Å²) in [5.74, 6) is 0. The largest absolute Gasteiger partial charge is 0.377 e. The van der Waals surface area contributed by atoms with Crippen molar-refractivity contribution in [3.8, 4) is 0 Å². The molecule has 1 aliphatic rings. The summed E-state index contributed by atoms with van der Waals surface area (Å²) in [5, 5.41) is 9.59. The van der Waals surface area contributed by atoms with Crippen LogP contribution in [0.5, 0.6) is 0 Å². The van der Waals surface area contributed by atoms with Gasteiger partial charge in [0, 0.05) is 6.54 Å². The molecule has 0 saturated carbocycles. The second kappa shape index (κ2) is 4.16. The molecule has 1 aromatic rings. The summed E-state index contributed by atoms with van der Waals surface area (Å²) in [6, 6.07) is 6.68. The second-order valence-electron chi connectivity index (χ2n) is 4.05. The Labute approximate surface area is 95.6 Å². The summed E-state index contributed by atoms with van der Waals surface area (Å²) in [6.45, 7) is 2.30. The average Bonchev–Trinajstić information content (AvgIpc) is 2.66. The second-order valence-corrected chi connectivity index (χ2v) is 5.94. The zero-order valence-corrected chi connectivity index (χ0v) is 9.94. The molecule has 88 valence electrons. The van der Waals surface area contributed by atoms with Crippen molar-refractivity contribution in [2.45, 2.75) is 30.9 Å². The molecule has 16 heavy (non-hydrogen) atoms. The molecule has 0 amide bonds. The third-order valence-corrected chi connectivity index (χ3v) is 4.71. The van der Waals surface area contributed by atoms with Crippen LogP contribution in [-0.4, -0.2) is 30.6 Å². The van der Waals surface area contributed by atoms with Crippen molar-refractivity contribution >= 4 is 10.0 Å². The molecule has 1 aromatic carbocycles. The highest BCUT2D eigenvalue weighted by atomic mass is 32.2. The normalized spacial score (nSPS) is 22.5. The minimum absolute atomic E-state index is 0.249. The van der Waals surface area contributed by atoms with E-state index in [9.17, 15) is 13.5 Å². The van der Waals surface area contributed by atoms with E-state index in [1.54, 1.807) is 24.3 Å². The number of hydrogen-bond acceptors (Lipinski definition) is 3. The highest BCUT2D eigenvalue weighted by molar-refractivity contribution is 7.89. The minimum Gasteiger partial charge on any atom is -0.377 e. The number of aliphatic hydroxyl groups excluding tert-OH is 1. The van der Waals surface area contributed by atoms with Gasteiger partial charge in [0.15, 0.2) is 0 Å². The van der Waals surface area contributed by atoms with E-state index >= 15 is 0 Å². The van der Waals surface area contributed by atoms with Gasteiger partial charge in [0.2, 0.25) is 10.0 Å². The van der Waals surface area contributed by atoms with Crippen molar-refractivity contribution in [3.05, 3.63) is 29.8 Å². The van der Waals surface area contributed by atoms with Crippen LogP contribution < -0.4 is 0 Å². The predicted octanol–water partition coefficient (Wildman–Crippen LogP) is 1.10. The lowest BCUT2D eigenvalue weighted by Gasteiger charge is -2.19. The highest BCUT2D eigenvalue weighted by Gasteiger charge is 2.33. The maximum Gasteiger partial charge on any atom is 0.245 e. The number of benzene rings is 1. The lowest BCUT2D eigenvalue weighted by atomic mass is 10.2. The first-order valence-corrected chi connectivity index (χ1v) is 6.72. The third kappa shape index (κ3) is 1.98. The Balaban J connectivity index is 2.35. The first-order valence-electron chi connectivity index (χ1n) is 5.28. The molecule has 1 N–H and O–H groups in total. The lowest BCUT2D eigenvalue weighted by molar-refractivity contribution is 0.0949. The standard InChI is InChI=1S/C11H15NO3S/c1-9-4-6-10(7-5-9)16(14,15)12-8-2-3-11(12)13/h4-7,11,13H,2-3,8H2,1H3. The van der Waals surface area contributed by atoms with Crippen molar-refractivity contribution in [1.29, 1.82) is 0 Å². The Morgan fingerprint density at radius 1 is 1.31 bits per heavy atom. The first-order chi connectivity index (χ1) is 7.51. The molecule has 0 spiro atoms. The van der Waals surface area contributed by atoms with Crippen molar-refractivity contribution < 1.29 is 13.5 Å². The molecule has 5 heteroatoms. The maximum atomic E-state index is 12.1. The molecule has 1 heterocycles. The van der Waals surface area contributed by atoms with Crippen molar-refractivity contribution in [2.24, 2.45) is 0 Å². The van der Waals surface area contributed by atoms with Crippen molar-refractivity contribution in [2.75, 3.05) is 6.54 Å². The van der Waals surface area contributed by atoms with Crippen LogP contribution in [0.2, 0.25) is 0 Å². The van der Waals surface area contributed by atoms with Crippen LogP contribution in [0, 0.1) is 6.92 Å².